The summed E-state index contributed by atoms with van der Waals surface area (Å²) in [5, 5.41) is 4.34. The first kappa shape index (κ1) is 25.2. The van der Waals surface area contributed by atoms with Gasteiger partial charge in [0, 0.05) is 17.1 Å². The van der Waals surface area contributed by atoms with Gasteiger partial charge in [-0.05, 0) is 55.6 Å². The number of halogens is 2. The SMILES string of the molecule is CC1CCC(Cn2c(C(F)C3CCCCC3)nc3nc(-c4noc(=O)[nH]4)nc(-c4cccc(Cl)c4)c32)CC1. The number of nitrogens with one attached hydrogen (secondary N) is 1. The minimum Gasteiger partial charge on any atom is -0.322 e. The van der Waals surface area contributed by atoms with Gasteiger partial charge in [-0.25, -0.2) is 24.1 Å². The Morgan fingerprint density at radius 3 is 2.61 bits per heavy atom. The molecule has 1 N–H and O–H groups in total. The van der Waals surface area contributed by atoms with Crippen LogP contribution in [-0.2, 0) is 6.54 Å². The Balaban J connectivity index is 1.55. The number of alkyl halides is 1. The minimum absolute atomic E-state index is 0.0559. The third kappa shape index (κ3) is 5.00. The van der Waals surface area contributed by atoms with Gasteiger partial charge in [-0.3, -0.25) is 9.51 Å². The van der Waals surface area contributed by atoms with Crippen molar-refractivity contribution in [1.29, 1.82) is 0 Å². The molecule has 2 aliphatic carbocycles. The lowest BCUT2D eigenvalue weighted by Gasteiger charge is -2.29. The summed E-state index contributed by atoms with van der Waals surface area (Å²) in [6.07, 6.45) is 8.35. The molecule has 0 bridgehead atoms. The second kappa shape index (κ2) is 10.6. The van der Waals surface area contributed by atoms with Crippen LogP contribution < -0.4 is 5.76 Å². The van der Waals surface area contributed by atoms with Crippen molar-refractivity contribution in [2.24, 2.45) is 17.8 Å². The zero-order chi connectivity index (χ0) is 26.2. The zero-order valence-electron chi connectivity index (χ0n) is 21.5. The highest BCUT2D eigenvalue weighted by Gasteiger charge is 2.32. The van der Waals surface area contributed by atoms with Gasteiger partial charge in [0.15, 0.2) is 11.8 Å². The number of fused-ring (bicyclic) bond motifs is 1. The van der Waals surface area contributed by atoms with Crippen LogP contribution in [0.4, 0.5) is 4.39 Å². The van der Waals surface area contributed by atoms with Crippen LogP contribution in [-0.4, -0.2) is 29.7 Å². The van der Waals surface area contributed by atoms with Crippen LogP contribution in [0.1, 0.15) is 76.7 Å². The number of H-pyrrole nitrogens is 1. The highest BCUT2D eigenvalue weighted by atomic mass is 35.5. The Morgan fingerprint density at radius 2 is 1.89 bits per heavy atom. The van der Waals surface area contributed by atoms with Crippen molar-refractivity contribution in [2.45, 2.75) is 77.4 Å². The fourth-order valence-corrected chi connectivity index (χ4v) is 6.32. The predicted molar refractivity (Wildman–Crippen MR) is 143 cm³/mol. The molecule has 0 spiro atoms. The topological polar surface area (TPSA) is 102 Å². The van der Waals surface area contributed by atoms with Crippen molar-refractivity contribution < 1.29 is 8.91 Å². The van der Waals surface area contributed by atoms with Gasteiger partial charge >= 0.3 is 5.76 Å². The number of benzene rings is 1. The Kier molecular flexibility index (Phi) is 7.03. The summed E-state index contributed by atoms with van der Waals surface area (Å²) in [7, 11) is 0. The highest BCUT2D eigenvalue weighted by molar-refractivity contribution is 6.30. The average Bonchev–Trinajstić information content (AvgIpc) is 3.53. The van der Waals surface area contributed by atoms with E-state index in [0.29, 0.717) is 40.2 Å². The van der Waals surface area contributed by atoms with Gasteiger partial charge in [0.05, 0.1) is 0 Å². The summed E-state index contributed by atoms with van der Waals surface area (Å²) in [5.74, 6) is 1.08. The van der Waals surface area contributed by atoms with Gasteiger partial charge in [-0.1, -0.05) is 67.9 Å². The number of aromatic nitrogens is 6. The molecular weight excluding hydrogens is 507 g/mol. The summed E-state index contributed by atoms with van der Waals surface area (Å²) >= 11 is 6.37. The number of aromatic amines is 1. The van der Waals surface area contributed by atoms with E-state index in [9.17, 15) is 4.79 Å². The van der Waals surface area contributed by atoms with E-state index in [0.717, 1.165) is 56.4 Å². The average molecular weight is 539 g/mol. The second-order valence-corrected chi connectivity index (χ2v) is 11.5. The standard InChI is InChI=1S/C28H32ClFN6O2/c1-16-10-12-17(13-11-16)15-36-23-22(19-8-5-9-20(29)14-19)31-25(26-34-28(37)38-35-26)32-24(23)33-27(36)21(30)18-6-3-2-4-7-18/h5,8-9,14,16-18,21H,2-4,6-7,10-13,15H2,1H3,(H,34,35,37). The Labute approximate surface area is 225 Å². The summed E-state index contributed by atoms with van der Waals surface area (Å²) in [6, 6.07) is 7.39. The van der Waals surface area contributed by atoms with Gasteiger partial charge < -0.3 is 4.57 Å². The van der Waals surface area contributed by atoms with Crippen LogP contribution in [0, 0.1) is 17.8 Å². The molecule has 1 atom stereocenters. The molecule has 2 fully saturated rings. The lowest BCUT2D eigenvalue weighted by Crippen LogP contribution is -2.22. The van der Waals surface area contributed by atoms with E-state index in [1.165, 1.54) is 12.8 Å². The molecule has 2 saturated carbocycles. The second-order valence-electron chi connectivity index (χ2n) is 11.0. The first-order chi connectivity index (χ1) is 18.5. The molecule has 4 aromatic rings. The predicted octanol–water partition coefficient (Wildman–Crippen LogP) is 6.91. The van der Waals surface area contributed by atoms with Crippen molar-refractivity contribution in [3.8, 4) is 22.9 Å². The van der Waals surface area contributed by atoms with Crippen LogP contribution >= 0.6 is 11.6 Å². The van der Waals surface area contributed by atoms with Gasteiger partial charge in [0.25, 0.3) is 0 Å². The van der Waals surface area contributed by atoms with Gasteiger partial charge in [-0.15, -0.1) is 0 Å². The highest BCUT2D eigenvalue weighted by Crippen LogP contribution is 2.40. The van der Waals surface area contributed by atoms with Gasteiger partial charge in [0.2, 0.25) is 11.6 Å². The molecule has 3 heterocycles. The number of nitrogens with zero attached hydrogens (tertiary/aromatic N) is 5. The van der Waals surface area contributed by atoms with E-state index in [4.69, 9.17) is 26.1 Å². The van der Waals surface area contributed by atoms with Crippen LogP contribution in [0.3, 0.4) is 0 Å². The molecule has 1 aromatic carbocycles. The minimum atomic E-state index is -1.19. The van der Waals surface area contributed by atoms with E-state index < -0.39 is 11.9 Å². The van der Waals surface area contributed by atoms with Gasteiger partial charge in [-0.2, -0.15) is 0 Å². The smallest absolute Gasteiger partial charge is 0.322 e. The quantitative estimate of drug-likeness (QED) is 0.286. The number of hydrogen-bond acceptors (Lipinski definition) is 6. The third-order valence-electron chi connectivity index (χ3n) is 8.27. The van der Waals surface area contributed by atoms with Crippen LogP contribution in [0.25, 0.3) is 34.1 Å². The molecule has 0 amide bonds. The number of imidazole rings is 1. The van der Waals surface area contributed by atoms with Crippen molar-refractivity contribution in [1.82, 2.24) is 29.7 Å². The Hall–Kier alpha value is -3.07. The number of rotatable bonds is 6. The molecule has 1 unspecified atom stereocenters. The molecule has 38 heavy (non-hydrogen) atoms. The summed E-state index contributed by atoms with van der Waals surface area (Å²) in [5.41, 5.74) is 2.41. The van der Waals surface area contributed by atoms with Crippen molar-refractivity contribution >= 4 is 22.8 Å². The van der Waals surface area contributed by atoms with E-state index in [1.54, 1.807) is 6.07 Å². The third-order valence-corrected chi connectivity index (χ3v) is 8.50. The summed E-state index contributed by atoms with van der Waals surface area (Å²) in [4.78, 5) is 28.5. The monoisotopic (exact) mass is 538 g/mol. The maximum absolute atomic E-state index is 16.3. The molecule has 10 heteroatoms. The first-order valence-electron chi connectivity index (χ1n) is 13.7. The molecule has 0 radical (unpaired) electrons. The largest absolute Gasteiger partial charge is 0.439 e. The molecule has 0 saturated heterocycles. The maximum Gasteiger partial charge on any atom is 0.439 e. The lowest BCUT2D eigenvalue weighted by atomic mass is 9.82. The molecule has 6 rings (SSSR count). The summed E-state index contributed by atoms with van der Waals surface area (Å²) in [6.45, 7) is 2.97. The van der Waals surface area contributed by atoms with E-state index in [-0.39, 0.29) is 17.6 Å². The molecule has 3 aromatic heterocycles. The van der Waals surface area contributed by atoms with E-state index >= 15 is 4.39 Å². The molecule has 8 nitrogen and oxygen atoms in total. The van der Waals surface area contributed by atoms with Gasteiger partial charge in [0.1, 0.15) is 17.0 Å². The molecule has 0 aliphatic heterocycles. The zero-order valence-corrected chi connectivity index (χ0v) is 22.3. The van der Waals surface area contributed by atoms with Crippen LogP contribution in [0.2, 0.25) is 5.02 Å². The normalized spacial score (nSPS) is 21.7. The van der Waals surface area contributed by atoms with E-state index in [2.05, 4.69) is 22.0 Å². The fourth-order valence-electron chi connectivity index (χ4n) is 6.12. The van der Waals surface area contributed by atoms with Crippen molar-refractivity contribution in [2.75, 3.05) is 0 Å². The fraction of sp³-hybridized carbons (Fsp3) is 0.536. The Morgan fingerprint density at radius 1 is 1.11 bits per heavy atom. The molecule has 200 valence electrons. The van der Waals surface area contributed by atoms with Crippen molar-refractivity contribution in [3.63, 3.8) is 0 Å². The first-order valence-corrected chi connectivity index (χ1v) is 14.1. The molecular formula is C28H32ClFN6O2. The van der Waals surface area contributed by atoms with E-state index in [1.807, 2.05) is 22.8 Å². The molecule has 2 aliphatic rings. The lowest BCUT2D eigenvalue weighted by molar-refractivity contribution is 0.166. The maximum atomic E-state index is 16.3. The summed E-state index contributed by atoms with van der Waals surface area (Å²) < 4.78 is 23.1. The van der Waals surface area contributed by atoms with Crippen LogP contribution in [0.5, 0.6) is 0 Å². The number of hydrogen-bond donors (Lipinski definition) is 1. The van der Waals surface area contributed by atoms with Crippen LogP contribution in [0.15, 0.2) is 33.6 Å². The Bertz CT molecular complexity index is 1480. The van der Waals surface area contributed by atoms with Crippen molar-refractivity contribution in [3.05, 3.63) is 45.7 Å².